The van der Waals surface area contributed by atoms with Gasteiger partial charge in [0.15, 0.2) is 0 Å². The molecule has 0 saturated carbocycles. The summed E-state index contributed by atoms with van der Waals surface area (Å²) in [6, 6.07) is 4.98. The molecular weight excluding hydrogens is 406 g/mol. The van der Waals surface area contributed by atoms with Gasteiger partial charge in [0.2, 0.25) is 13.3 Å². The average molecular weight is 424 g/mol. The molecule has 0 aliphatic rings. The summed E-state index contributed by atoms with van der Waals surface area (Å²) < 4.78 is 61.0. The van der Waals surface area contributed by atoms with Crippen molar-refractivity contribution in [2.24, 2.45) is 0 Å². The van der Waals surface area contributed by atoms with E-state index < -0.39 is 24.3 Å². The van der Waals surface area contributed by atoms with Gasteiger partial charge < -0.3 is 14.6 Å². The van der Waals surface area contributed by atoms with Crippen LogP contribution in [0.1, 0.15) is 18.1 Å². The molecule has 2 aromatic rings. The molecule has 1 aromatic carbocycles. The standard InChI is InChI=1S/C16H18ClF3N3O3P/c1-4-26-27(3,24)9-10-5-6-12(13(7-10)25-2)22-15-21-8-11(14(17)23-15)16(18,19)20/h5-8H,4,9H2,1-3H3,(H,21,22,23). The van der Waals surface area contributed by atoms with Gasteiger partial charge in [0.1, 0.15) is 16.5 Å². The van der Waals surface area contributed by atoms with Crippen molar-refractivity contribution in [3.05, 3.63) is 40.7 Å². The molecule has 0 aliphatic heterocycles. The molecule has 1 aromatic heterocycles. The first-order chi connectivity index (χ1) is 12.6. The normalized spacial score (nSPS) is 13.9. The minimum Gasteiger partial charge on any atom is -0.495 e. The molecule has 11 heteroatoms. The Kier molecular flexibility index (Phi) is 6.72. The summed E-state index contributed by atoms with van der Waals surface area (Å²) in [5.74, 6) is 0.262. The summed E-state index contributed by atoms with van der Waals surface area (Å²) in [6.45, 7) is 3.66. The van der Waals surface area contributed by atoms with Crippen LogP contribution in [0.2, 0.25) is 5.15 Å². The van der Waals surface area contributed by atoms with E-state index in [-0.39, 0.29) is 12.1 Å². The summed E-state index contributed by atoms with van der Waals surface area (Å²) in [4.78, 5) is 7.26. The first-order valence-electron chi connectivity index (χ1n) is 7.80. The lowest BCUT2D eigenvalue weighted by Gasteiger charge is -2.15. The van der Waals surface area contributed by atoms with Crippen LogP contribution in [0.15, 0.2) is 24.4 Å². The van der Waals surface area contributed by atoms with E-state index in [0.717, 1.165) is 5.56 Å². The third-order valence-electron chi connectivity index (χ3n) is 3.43. The molecule has 0 radical (unpaired) electrons. The highest BCUT2D eigenvalue weighted by Crippen LogP contribution is 2.47. The second-order valence-electron chi connectivity index (χ2n) is 5.65. The molecular formula is C16H18ClF3N3O3P. The zero-order valence-electron chi connectivity index (χ0n) is 14.8. The van der Waals surface area contributed by atoms with Crippen molar-refractivity contribution < 1.29 is 27.0 Å². The van der Waals surface area contributed by atoms with Gasteiger partial charge in [-0.15, -0.1) is 0 Å². The number of halogens is 4. The van der Waals surface area contributed by atoms with E-state index in [4.69, 9.17) is 20.9 Å². The molecule has 27 heavy (non-hydrogen) atoms. The first-order valence-corrected chi connectivity index (χ1v) is 10.4. The zero-order valence-corrected chi connectivity index (χ0v) is 16.5. The number of benzene rings is 1. The number of methoxy groups -OCH3 is 1. The van der Waals surface area contributed by atoms with E-state index in [0.29, 0.717) is 24.2 Å². The minimum atomic E-state index is -4.64. The van der Waals surface area contributed by atoms with Gasteiger partial charge in [0.25, 0.3) is 0 Å². The predicted octanol–water partition coefficient (Wildman–Crippen LogP) is 5.35. The number of hydrogen-bond donors (Lipinski definition) is 1. The van der Waals surface area contributed by atoms with E-state index in [9.17, 15) is 17.7 Å². The molecule has 1 heterocycles. The number of rotatable bonds is 7. The minimum absolute atomic E-state index is 0.116. The van der Waals surface area contributed by atoms with Crippen LogP contribution < -0.4 is 10.1 Å². The van der Waals surface area contributed by atoms with Gasteiger partial charge in [-0.05, 0) is 24.6 Å². The molecule has 1 unspecified atom stereocenters. The summed E-state index contributed by atoms with van der Waals surface area (Å²) >= 11 is 5.59. The molecule has 1 atom stereocenters. The molecule has 6 nitrogen and oxygen atoms in total. The monoisotopic (exact) mass is 423 g/mol. The Balaban J connectivity index is 2.24. The predicted molar refractivity (Wildman–Crippen MR) is 97.2 cm³/mol. The summed E-state index contributed by atoms with van der Waals surface area (Å²) in [6.07, 6.45) is -3.81. The fourth-order valence-electron chi connectivity index (χ4n) is 2.32. The summed E-state index contributed by atoms with van der Waals surface area (Å²) in [7, 11) is -1.35. The highest BCUT2D eigenvalue weighted by atomic mass is 35.5. The SMILES string of the molecule is CCOP(C)(=O)Cc1ccc(Nc2ncc(C(F)(F)F)c(Cl)n2)c(OC)c1. The number of nitrogens with zero attached hydrogens (tertiary/aromatic N) is 2. The van der Waals surface area contributed by atoms with Crippen LogP contribution in [0.25, 0.3) is 0 Å². The quantitative estimate of drug-likeness (QED) is 0.478. The van der Waals surface area contributed by atoms with Crippen molar-refractivity contribution in [1.29, 1.82) is 0 Å². The van der Waals surface area contributed by atoms with Gasteiger partial charge in [-0.1, -0.05) is 17.7 Å². The van der Waals surface area contributed by atoms with E-state index in [2.05, 4.69) is 15.3 Å². The fraction of sp³-hybridized carbons (Fsp3) is 0.375. The molecule has 0 amide bonds. The maximum absolute atomic E-state index is 12.7. The Morgan fingerprint density at radius 1 is 1.33 bits per heavy atom. The van der Waals surface area contributed by atoms with Gasteiger partial charge >= 0.3 is 6.18 Å². The van der Waals surface area contributed by atoms with Gasteiger partial charge in [-0.2, -0.15) is 13.2 Å². The maximum atomic E-state index is 12.7. The highest BCUT2D eigenvalue weighted by Gasteiger charge is 2.34. The van der Waals surface area contributed by atoms with E-state index in [1.807, 2.05) is 0 Å². The lowest BCUT2D eigenvalue weighted by atomic mass is 10.2. The van der Waals surface area contributed by atoms with Crippen LogP contribution in [0.5, 0.6) is 5.75 Å². The number of alkyl halides is 3. The van der Waals surface area contributed by atoms with Crippen LogP contribution in [0, 0.1) is 0 Å². The molecule has 0 aliphatic carbocycles. The van der Waals surface area contributed by atoms with Crippen molar-refractivity contribution in [1.82, 2.24) is 9.97 Å². The number of hydrogen-bond acceptors (Lipinski definition) is 6. The van der Waals surface area contributed by atoms with Gasteiger partial charge in [-0.25, -0.2) is 9.97 Å². The third-order valence-corrected chi connectivity index (χ3v) is 5.46. The average Bonchev–Trinajstić information content (AvgIpc) is 2.54. The Labute approximate surface area is 159 Å². The molecule has 0 bridgehead atoms. The van der Waals surface area contributed by atoms with Crippen molar-refractivity contribution in [2.75, 3.05) is 25.7 Å². The van der Waals surface area contributed by atoms with E-state index in [1.54, 1.807) is 31.8 Å². The molecule has 0 saturated heterocycles. The highest BCUT2D eigenvalue weighted by molar-refractivity contribution is 7.57. The fourth-order valence-corrected chi connectivity index (χ4v) is 4.05. The van der Waals surface area contributed by atoms with Crippen molar-refractivity contribution >= 4 is 30.6 Å². The maximum Gasteiger partial charge on any atom is 0.420 e. The number of anilines is 2. The summed E-state index contributed by atoms with van der Waals surface area (Å²) in [5.41, 5.74) is 0.0223. The van der Waals surface area contributed by atoms with Gasteiger partial charge in [0, 0.05) is 19.0 Å². The third kappa shape index (κ3) is 5.82. The van der Waals surface area contributed by atoms with E-state index in [1.165, 1.54) is 7.11 Å². The Bertz CT molecular complexity index is 865. The van der Waals surface area contributed by atoms with Crippen LogP contribution in [-0.4, -0.2) is 30.3 Å². The van der Waals surface area contributed by atoms with E-state index >= 15 is 0 Å². The molecule has 1 N–H and O–H groups in total. The Morgan fingerprint density at radius 2 is 2.04 bits per heavy atom. The largest absolute Gasteiger partial charge is 0.495 e. The second-order valence-corrected chi connectivity index (χ2v) is 8.61. The number of aromatic nitrogens is 2. The second kappa shape index (κ2) is 8.46. The van der Waals surface area contributed by atoms with Gasteiger partial charge in [-0.3, -0.25) is 4.57 Å². The molecule has 148 valence electrons. The Morgan fingerprint density at radius 3 is 2.59 bits per heavy atom. The number of ether oxygens (including phenoxy) is 1. The lowest BCUT2D eigenvalue weighted by Crippen LogP contribution is -2.09. The summed E-state index contributed by atoms with van der Waals surface area (Å²) in [5, 5.41) is 2.05. The van der Waals surface area contributed by atoms with Crippen molar-refractivity contribution in [3.63, 3.8) is 0 Å². The zero-order chi connectivity index (χ0) is 20.2. The van der Waals surface area contributed by atoms with Crippen LogP contribution in [0.3, 0.4) is 0 Å². The number of nitrogens with one attached hydrogen (secondary N) is 1. The van der Waals surface area contributed by atoms with Crippen LogP contribution >= 0.6 is 19.0 Å². The van der Waals surface area contributed by atoms with Crippen LogP contribution in [-0.2, 0) is 21.4 Å². The topological polar surface area (TPSA) is 73.3 Å². The smallest absolute Gasteiger partial charge is 0.420 e. The molecule has 2 rings (SSSR count). The lowest BCUT2D eigenvalue weighted by molar-refractivity contribution is -0.137. The van der Waals surface area contributed by atoms with Crippen molar-refractivity contribution in [3.8, 4) is 5.75 Å². The Hall–Kier alpha value is -1.83. The van der Waals surface area contributed by atoms with Crippen molar-refractivity contribution in [2.45, 2.75) is 19.3 Å². The van der Waals surface area contributed by atoms with Crippen LogP contribution in [0.4, 0.5) is 24.8 Å². The first kappa shape index (κ1) is 21.5. The van der Waals surface area contributed by atoms with Gasteiger partial charge in [0.05, 0.1) is 19.4 Å². The molecule has 0 fully saturated rings. The molecule has 0 spiro atoms.